The molecule has 33 heavy (non-hydrogen) atoms. The fourth-order valence-electron chi connectivity index (χ4n) is 4.18. The van der Waals surface area contributed by atoms with Crippen LogP contribution in [0.5, 0.6) is 0 Å². The van der Waals surface area contributed by atoms with E-state index in [1.165, 1.54) is 5.56 Å². The minimum absolute atomic E-state index is 0.731. The lowest BCUT2D eigenvalue weighted by molar-refractivity contribution is 0.840. The highest BCUT2D eigenvalue weighted by molar-refractivity contribution is 5.83. The van der Waals surface area contributed by atoms with E-state index < -0.39 is 0 Å². The molecule has 1 N–H and O–H groups in total. The molecule has 0 amide bonds. The number of aromatic nitrogens is 5. The number of aryl methyl sites for hydroxylation is 4. The number of para-hydroxylation sites is 1. The zero-order valence-corrected chi connectivity index (χ0v) is 19.3. The van der Waals surface area contributed by atoms with Crippen LogP contribution in [0.25, 0.3) is 16.7 Å². The largest absolute Gasteiger partial charge is 0.324 e. The first-order valence-electron chi connectivity index (χ1n) is 11.1. The van der Waals surface area contributed by atoms with Crippen LogP contribution < -0.4 is 5.32 Å². The number of anilines is 2. The lowest BCUT2D eigenvalue weighted by atomic mass is 10.0. The van der Waals surface area contributed by atoms with Crippen LogP contribution in [0.3, 0.4) is 0 Å². The molecule has 0 aliphatic carbocycles. The number of nitrogens with one attached hydrogen (secondary N) is 1. The van der Waals surface area contributed by atoms with Crippen LogP contribution >= 0.6 is 0 Å². The zero-order valence-electron chi connectivity index (χ0n) is 19.3. The number of nitrogens with zero attached hydrogens (tertiary/aromatic N) is 5. The molecule has 3 heterocycles. The highest BCUT2D eigenvalue weighted by atomic mass is 15.4. The maximum atomic E-state index is 4.87. The number of rotatable bonds is 5. The summed E-state index contributed by atoms with van der Waals surface area (Å²) < 4.78 is 1.86. The molecule has 0 radical (unpaired) electrons. The molecule has 0 unspecified atom stereocenters. The molecule has 0 fully saturated rings. The predicted octanol–water partition coefficient (Wildman–Crippen LogP) is 5.78. The molecule has 6 nitrogen and oxygen atoms in total. The van der Waals surface area contributed by atoms with Crippen LogP contribution in [0.1, 0.15) is 33.9 Å². The fraction of sp³-hybridized carbons (Fsp3) is 0.185. The Morgan fingerprint density at radius 3 is 2.39 bits per heavy atom. The summed E-state index contributed by atoms with van der Waals surface area (Å²) in [6, 6.07) is 22.6. The summed E-state index contributed by atoms with van der Waals surface area (Å²) in [5, 5.41) is 9.42. The van der Waals surface area contributed by atoms with E-state index in [9.17, 15) is 0 Å². The molecule has 0 bridgehead atoms. The van der Waals surface area contributed by atoms with Crippen molar-refractivity contribution in [2.75, 3.05) is 5.32 Å². The first kappa shape index (κ1) is 20.8. The quantitative estimate of drug-likeness (QED) is 0.380. The summed E-state index contributed by atoms with van der Waals surface area (Å²) in [6.45, 7) is 8.04. The second-order valence-corrected chi connectivity index (χ2v) is 8.37. The van der Waals surface area contributed by atoms with Crippen molar-refractivity contribution in [3.05, 3.63) is 101 Å². The Morgan fingerprint density at radius 2 is 1.58 bits per heavy atom. The van der Waals surface area contributed by atoms with Crippen molar-refractivity contribution in [1.82, 2.24) is 24.7 Å². The van der Waals surface area contributed by atoms with Crippen LogP contribution in [-0.4, -0.2) is 24.7 Å². The molecule has 6 heteroatoms. The van der Waals surface area contributed by atoms with Crippen molar-refractivity contribution in [3.63, 3.8) is 0 Å². The number of hydrogen-bond acceptors (Lipinski definition) is 5. The number of pyridine rings is 1. The third-order valence-corrected chi connectivity index (χ3v) is 5.75. The lowest BCUT2D eigenvalue weighted by Gasteiger charge is -2.15. The topological polar surface area (TPSA) is 68.5 Å². The first-order chi connectivity index (χ1) is 16.0. The summed E-state index contributed by atoms with van der Waals surface area (Å²) in [4.78, 5) is 14.2. The van der Waals surface area contributed by atoms with Crippen molar-refractivity contribution >= 4 is 22.5 Å². The van der Waals surface area contributed by atoms with Crippen molar-refractivity contribution in [2.24, 2.45) is 0 Å². The van der Waals surface area contributed by atoms with Gasteiger partial charge >= 0.3 is 0 Å². The Labute approximate surface area is 193 Å². The van der Waals surface area contributed by atoms with E-state index in [1.54, 1.807) is 0 Å². The zero-order chi connectivity index (χ0) is 22.9. The van der Waals surface area contributed by atoms with Crippen LogP contribution in [0.2, 0.25) is 0 Å². The average molecular weight is 435 g/mol. The van der Waals surface area contributed by atoms with Gasteiger partial charge in [-0.05, 0) is 51.0 Å². The molecule has 0 saturated heterocycles. The molecular formula is C27H26N6. The molecule has 0 aliphatic rings. The van der Waals surface area contributed by atoms with E-state index in [4.69, 9.17) is 15.1 Å². The third kappa shape index (κ3) is 4.20. The standard InChI is InChI=1S/C27H26N6/c1-17-14-25(30-24-13-9-8-12-22(17)24)33-26(15-18(2)32-33)31-27-23(19(3)28-20(4)29-27)16-21-10-6-5-7-11-21/h5-15H,16H2,1-4H3,(H,28,29,31). The van der Waals surface area contributed by atoms with Gasteiger partial charge in [0, 0.05) is 29.1 Å². The number of fused-ring (bicyclic) bond motifs is 1. The van der Waals surface area contributed by atoms with E-state index in [0.29, 0.717) is 0 Å². The molecule has 0 spiro atoms. The second kappa shape index (κ2) is 8.47. The predicted molar refractivity (Wildman–Crippen MR) is 132 cm³/mol. The third-order valence-electron chi connectivity index (χ3n) is 5.75. The molecule has 2 aromatic carbocycles. The molecule has 5 rings (SSSR count). The van der Waals surface area contributed by atoms with E-state index in [1.807, 2.05) is 55.8 Å². The van der Waals surface area contributed by atoms with Gasteiger partial charge in [-0.15, -0.1) is 0 Å². The van der Waals surface area contributed by atoms with Crippen LogP contribution in [0, 0.1) is 27.7 Å². The van der Waals surface area contributed by atoms with Crippen molar-refractivity contribution in [3.8, 4) is 5.82 Å². The minimum Gasteiger partial charge on any atom is -0.324 e. The highest BCUT2D eigenvalue weighted by Gasteiger charge is 2.16. The molecule has 0 saturated carbocycles. The molecule has 164 valence electrons. The fourth-order valence-corrected chi connectivity index (χ4v) is 4.18. The Morgan fingerprint density at radius 1 is 0.818 bits per heavy atom. The lowest BCUT2D eigenvalue weighted by Crippen LogP contribution is -2.10. The smallest absolute Gasteiger partial charge is 0.156 e. The van der Waals surface area contributed by atoms with Crippen molar-refractivity contribution in [1.29, 1.82) is 0 Å². The van der Waals surface area contributed by atoms with Gasteiger partial charge in [0.2, 0.25) is 0 Å². The maximum absolute atomic E-state index is 4.87. The Kier molecular flexibility index (Phi) is 5.34. The van der Waals surface area contributed by atoms with Gasteiger partial charge in [-0.1, -0.05) is 48.5 Å². The Bertz CT molecular complexity index is 1450. The van der Waals surface area contributed by atoms with Gasteiger partial charge in [0.15, 0.2) is 5.82 Å². The molecule has 0 aliphatic heterocycles. The minimum atomic E-state index is 0.731. The summed E-state index contributed by atoms with van der Waals surface area (Å²) >= 11 is 0. The van der Waals surface area contributed by atoms with Crippen LogP contribution in [0.15, 0.2) is 66.7 Å². The summed E-state index contributed by atoms with van der Waals surface area (Å²) in [7, 11) is 0. The number of hydrogen-bond donors (Lipinski definition) is 1. The van der Waals surface area contributed by atoms with Gasteiger partial charge in [-0.3, -0.25) is 0 Å². The van der Waals surface area contributed by atoms with E-state index in [-0.39, 0.29) is 0 Å². The molecule has 0 atom stereocenters. The second-order valence-electron chi connectivity index (χ2n) is 8.37. The SMILES string of the molecule is Cc1cc(Nc2nc(C)nc(C)c2Cc2ccccc2)n(-c2cc(C)c3ccccc3n2)n1. The van der Waals surface area contributed by atoms with E-state index in [2.05, 4.69) is 53.6 Å². The normalized spacial score (nSPS) is 11.2. The first-order valence-corrected chi connectivity index (χ1v) is 11.1. The van der Waals surface area contributed by atoms with Crippen LogP contribution in [0.4, 0.5) is 11.6 Å². The Balaban J connectivity index is 1.58. The summed E-state index contributed by atoms with van der Waals surface area (Å²) in [5.74, 6) is 3.12. The van der Waals surface area contributed by atoms with Gasteiger partial charge in [0.05, 0.1) is 11.2 Å². The van der Waals surface area contributed by atoms with Crippen molar-refractivity contribution in [2.45, 2.75) is 34.1 Å². The Hall–Kier alpha value is -4.06. The van der Waals surface area contributed by atoms with Gasteiger partial charge in [0.1, 0.15) is 17.5 Å². The number of benzene rings is 2. The van der Waals surface area contributed by atoms with E-state index in [0.717, 1.165) is 63.1 Å². The van der Waals surface area contributed by atoms with Gasteiger partial charge < -0.3 is 5.32 Å². The average Bonchev–Trinajstić information content (AvgIpc) is 3.17. The van der Waals surface area contributed by atoms with Crippen LogP contribution in [-0.2, 0) is 6.42 Å². The van der Waals surface area contributed by atoms with E-state index >= 15 is 0 Å². The summed E-state index contributed by atoms with van der Waals surface area (Å²) in [5.41, 5.74) is 6.26. The highest BCUT2D eigenvalue weighted by Crippen LogP contribution is 2.27. The van der Waals surface area contributed by atoms with Gasteiger partial charge in [0.25, 0.3) is 0 Å². The van der Waals surface area contributed by atoms with Gasteiger partial charge in [-0.2, -0.15) is 9.78 Å². The van der Waals surface area contributed by atoms with Gasteiger partial charge in [-0.25, -0.2) is 15.0 Å². The van der Waals surface area contributed by atoms with Crippen molar-refractivity contribution < 1.29 is 0 Å². The molecular weight excluding hydrogens is 408 g/mol. The summed E-state index contributed by atoms with van der Waals surface area (Å²) in [6.07, 6.45) is 0.746. The molecule has 3 aromatic heterocycles. The monoisotopic (exact) mass is 434 g/mol. The maximum Gasteiger partial charge on any atom is 0.156 e. The molecule has 5 aromatic rings.